The van der Waals surface area contributed by atoms with Crippen molar-refractivity contribution < 1.29 is 23.6 Å². The van der Waals surface area contributed by atoms with Gasteiger partial charge in [-0.1, -0.05) is 17.3 Å². The Balaban J connectivity index is 1.62. The van der Waals surface area contributed by atoms with Gasteiger partial charge >= 0.3 is 12.0 Å². The Kier molecular flexibility index (Phi) is 3.96. The van der Waals surface area contributed by atoms with Gasteiger partial charge in [0.2, 0.25) is 0 Å². The van der Waals surface area contributed by atoms with Crippen molar-refractivity contribution in [3.05, 3.63) is 30.0 Å². The maximum absolute atomic E-state index is 12.1. The molecule has 0 unspecified atom stereocenters. The van der Waals surface area contributed by atoms with Gasteiger partial charge in [-0.25, -0.2) is 4.79 Å². The van der Waals surface area contributed by atoms with Crippen molar-refractivity contribution in [1.29, 1.82) is 0 Å². The lowest BCUT2D eigenvalue weighted by molar-refractivity contribution is -0.157. The Morgan fingerprint density at radius 2 is 2.22 bits per heavy atom. The van der Waals surface area contributed by atoms with Crippen molar-refractivity contribution in [2.45, 2.75) is 19.4 Å². The van der Waals surface area contributed by atoms with Crippen LogP contribution in [0, 0.1) is 0 Å². The number of benzene rings is 1. The van der Waals surface area contributed by atoms with Crippen LogP contribution in [-0.2, 0) is 20.7 Å². The second-order valence-electron chi connectivity index (χ2n) is 5.16. The summed E-state index contributed by atoms with van der Waals surface area (Å²) in [4.78, 5) is 36.5. The number of fused-ring (bicyclic) bond motifs is 1. The zero-order valence-electron chi connectivity index (χ0n) is 12.4. The van der Waals surface area contributed by atoms with E-state index in [1.807, 2.05) is 6.07 Å². The van der Waals surface area contributed by atoms with Gasteiger partial charge < -0.3 is 14.6 Å². The Morgan fingerprint density at radius 1 is 1.43 bits per heavy atom. The molecule has 0 spiro atoms. The van der Waals surface area contributed by atoms with Gasteiger partial charge in [-0.2, -0.15) is 0 Å². The zero-order valence-corrected chi connectivity index (χ0v) is 12.4. The van der Waals surface area contributed by atoms with Crippen LogP contribution in [0.3, 0.4) is 0 Å². The second-order valence-corrected chi connectivity index (χ2v) is 5.16. The molecular weight excluding hydrogens is 302 g/mol. The number of rotatable bonds is 4. The van der Waals surface area contributed by atoms with E-state index in [1.165, 1.54) is 6.92 Å². The molecule has 1 aliphatic heterocycles. The van der Waals surface area contributed by atoms with Crippen LogP contribution in [0.25, 0.3) is 11.0 Å². The molecule has 1 aliphatic rings. The van der Waals surface area contributed by atoms with Crippen LogP contribution in [-0.4, -0.2) is 47.2 Å². The van der Waals surface area contributed by atoms with Crippen molar-refractivity contribution in [2.75, 3.05) is 13.1 Å². The molecule has 1 N–H and O–H groups in total. The average Bonchev–Trinajstić information content (AvgIpc) is 3.13. The normalized spacial score (nSPS) is 15.5. The van der Waals surface area contributed by atoms with E-state index in [1.54, 1.807) is 18.2 Å². The number of carbonyl (C=O) groups is 3. The number of hydrogen-bond donors (Lipinski definition) is 1. The van der Waals surface area contributed by atoms with Crippen molar-refractivity contribution in [2.24, 2.45) is 0 Å². The molecule has 23 heavy (non-hydrogen) atoms. The molecule has 2 heterocycles. The van der Waals surface area contributed by atoms with Gasteiger partial charge in [0, 0.05) is 18.5 Å². The summed E-state index contributed by atoms with van der Waals surface area (Å²) in [7, 11) is 0. The highest BCUT2D eigenvalue weighted by atomic mass is 16.5. The summed E-state index contributed by atoms with van der Waals surface area (Å²) < 4.78 is 10.2. The number of urea groups is 1. The number of imide groups is 1. The fourth-order valence-electron chi connectivity index (χ4n) is 2.39. The molecule has 1 aromatic heterocycles. The number of esters is 1. The number of ether oxygens (including phenoxy) is 1. The van der Waals surface area contributed by atoms with Crippen LogP contribution in [0.5, 0.6) is 0 Å². The van der Waals surface area contributed by atoms with Gasteiger partial charge in [-0.3, -0.25) is 14.5 Å². The van der Waals surface area contributed by atoms with Crippen LogP contribution in [0.4, 0.5) is 4.79 Å². The molecule has 3 rings (SSSR count). The maximum Gasteiger partial charge on any atom is 0.324 e. The Hall–Kier alpha value is -2.90. The predicted octanol–water partition coefficient (Wildman–Crippen LogP) is 0.854. The predicted molar refractivity (Wildman–Crippen MR) is 78.4 cm³/mol. The van der Waals surface area contributed by atoms with E-state index in [2.05, 4.69) is 10.5 Å². The van der Waals surface area contributed by atoms with E-state index in [0.717, 1.165) is 10.3 Å². The maximum atomic E-state index is 12.1. The summed E-state index contributed by atoms with van der Waals surface area (Å²) >= 11 is 0. The Bertz CT molecular complexity index is 769. The third-order valence-electron chi connectivity index (χ3n) is 3.54. The first kappa shape index (κ1) is 15.0. The summed E-state index contributed by atoms with van der Waals surface area (Å²) in [5, 5.41) is 7.08. The van der Waals surface area contributed by atoms with Gasteiger partial charge in [0.1, 0.15) is 5.69 Å². The van der Waals surface area contributed by atoms with Gasteiger partial charge in [0.05, 0.1) is 6.42 Å². The summed E-state index contributed by atoms with van der Waals surface area (Å²) in [5.74, 6) is -1.15. The fraction of sp³-hybridized carbons (Fsp3) is 0.333. The number of carbonyl (C=O) groups excluding carboxylic acids is 3. The summed E-state index contributed by atoms with van der Waals surface area (Å²) in [6.07, 6.45) is -1.15. The smallest absolute Gasteiger partial charge is 0.324 e. The zero-order chi connectivity index (χ0) is 16.4. The third kappa shape index (κ3) is 3.01. The molecule has 0 bridgehead atoms. The molecular formula is C15H15N3O5. The number of nitrogens with zero attached hydrogens (tertiary/aromatic N) is 2. The highest BCUT2D eigenvalue weighted by Crippen LogP contribution is 2.18. The summed E-state index contributed by atoms with van der Waals surface area (Å²) in [6, 6.07) is 6.68. The van der Waals surface area contributed by atoms with E-state index in [9.17, 15) is 14.4 Å². The number of nitrogens with one attached hydrogen (secondary N) is 1. The van der Waals surface area contributed by atoms with Crippen LogP contribution < -0.4 is 5.32 Å². The molecule has 120 valence electrons. The van der Waals surface area contributed by atoms with Gasteiger partial charge in [-0.15, -0.1) is 0 Å². The van der Waals surface area contributed by atoms with Crippen LogP contribution in [0.15, 0.2) is 28.8 Å². The van der Waals surface area contributed by atoms with Crippen LogP contribution in [0.1, 0.15) is 12.6 Å². The van der Waals surface area contributed by atoms with Crippen molar-refractivity contribution >= 4 is 28.9 Å². The van der Waals surface area contributed by atoms with E-state index in [-0.39, 0.29) is 13.0 Å². The average molecular weight is 317 g/mol. The molecule has 8 heteroatoms. The number of aromatic nitrogens is 1. The highest BCUT2D eigenvalue weighted by Gasteiger charge is 2.31. The second kappa shape index (κ2) is 6.07. The molecule has 0 radical (unpaired) electrons. The summed E-state index contributed by atoms with van der Waals surface area (Å²) in [5.41, 5.74) is 1.03. The van der Waals surface area contributed by atoms with Crippen molar-refractivity contribution in [3.8, 4) is 0 Å². The SMILES string of the molecule is C[C@H](OC(=O)Cc1noc2ccccc12)C(=O)N1CCNC1=O. The van der Waals surface area contributed by atoms with Crippen molar-refractivity contribution in [3.63, 3.8) is 0 Å². The van der Waals surface area contributed by atoms with E-state index in [4.69, 9.17) is 9.26 Å². The molecule has 0 saturated carbocycles. The minimum absolute atomic E-state index is 0.110. The lowest BCUT2D eigenvalue weighted by Crippen LogP contribution is -2.42. The van der Waals surface area contributed by atoms with Crippen LogP contribution in [0.2, 0.25) is 0 Å². The lowest BCUT2D eigenvalue weighted by atomic mass is 10.2. The Morgan fingerprint density at radius 3 is 2.96 bits per heavy atom. The minimum atomic E-state index is -1.04. The molecule has 1 saturated heterocycles. The van der Waals surface area contributed by atoms with Crippen LogP contribution >= 0.6 is 0 Å². The molecule has 1 aromatic carbocycles. The van der Waals surface area contributed by atoms with Gasteiger partial charge in [0.15, 0.2) is 11.7 Å². The lowest BCUT2D eigenvalue weighted by Gasteiger charge is -2.17. The molecule has 1 atom stereocenters. The first-order valence-corrected chi connectivity index (χ1v) is 7.18. The first-order valence-electron chi connectivity index (χ1n) is 7.18. The standard InChI is InChI=1S/C15H15N3O5/c1-9(14(20)18-7-6-16-15(18)21)22-13(19)8-11-10-4-2-3-5-12(10)23-17-11/h2-5,9H,6-8H2,1H3,(H,16,21)/t9-/m0/s1. The van der Waals surface area contributed by atoms with Gasteiger partial charge in [0.25, 0.3) is 5.91 Å². The summed E-state index contributed by atoms with van der Waals surface area (Å²) in [6.45, 7) is 2.11. The number of hydrogen-bond acceptors (Lipinski definition) is 6. The third-order valence-corrected chi connectivity index (χ3v) is 3.54. The molecule has 1 fully saturated rings. The largest absolute Gasteiger partial charge is 0.452 e. The molecule has 2 aromatic rings. The molecule has 0 aliphatic carbocycles. The van der Waals surface area contributed by atoms with E-state index in [0.29, 0.717) is 17.8 Å². The monoisotopic (exact) mass is 317 g/mol. The van der Waals surface area contributed by atoms with E-state index < -0.39 is 24.0 Å². The minimum Gasteiger partial charge on any atom is -0.452 e. The first-order chi connectivity index (χ1) is 11.1. The number of para-hydroxylation sites is 1. The number of amides is 3. The quantitative estimate of drug-likeness (QED) is 0.839. The topological polar surface area (TPSA) is 102 Å². The highest BCUT2D eigenvalue weighted by molar-refractivity contribution is 5.98. The Labute approximate surface area is 131 Å². The van der Waals surface area contributed by atoms with Crippen molar-refractivity contribution in [1.82, 2.24) is 15.4 Å². The van der Waals surface area contributed by atoms with E-state index >= 15 is 0 Å². The molecule has 3 amide bonds. The fourth-order valence-corrected chi connectivity index (χ4v) is 2.39. The molecule has 8 nitrogen and oxygen atoms in total. The van der Waals surface area contributed by atoms with Gasteiger partial charge in [-0.05, 0) is 19.1 Å².